The molecule has 0 atom stereocenters. The van der Waals surface area contributed by atoms with E-state index in [9.17, 15) is 38.9 Å². The predicted octanol–water partition coefficient (Wildman–Crippen LogP) is 2.32. The fraction of sp³-hybridized carbons (Fsp3) is 0.143. The van der Waals surface area contributed by atoms with Crippen molar-refractivity contribution < 1.29 is 38.9 Å². The van der Waals surface area contributed by atoms with Gasteiger partial charge >= 0.3 is 24.4 Å². The number of aryl methyl sites for hydroxylation is 3. The van der Waals surface area contributed by atoms with Gasteiger partial charge in [-0.05, 0) is 55.7 Å². The molecule has 0 heterocycles. The molecule has 0 bridgehead atoms. The molecule has 0 fully saturated rings. The molecule has 9 nitrogen and oxygen atoms in total. The Labute approximate surface area is 217 Å². The van der Waals surface area contributed by atoms with E-state index in [1.165, 1.54) is 36.4 Å². The summed E-state index contributed by atoms with van der Waals surface area (Å²) in [6, 6.07) is 18.3. The van der Waals surface area contributed by atoms with E-state index in [2.05, 4.69) is 0 Å². The van der Waals surface area contributed by atoms with Gasteiger partial charge in [0, 0.05) is 0 Å². The molecule has 0 unspecified atom stereocenters. The zero-order valence-corrected chi connectivity index (χ0v) is 23.3. The zero-order chi connectivity index (χ0) is 25.4. The van der Waals surface area contributed by atoms with Crippen molar-refractivity contribution in [1.29, 1.82) is 0 Å². The third-order valence-corrected chi connectivity index (χ3v) is 7.08. The Morgan fingerprint density at radius 1 is 0.441 bits per heavy atom. The number of hydrogen-bond donors (Lipinski definition) is 0. The standard InChI is InChI=1S/3C7H8O3S.Sb/c3*1-6-4-2-3-5-7(6)11(8,9)10;/h3*2-5H,1H3,(H,8,9,10);/q;;;+3/p-3. The van der Waals surface area contributed by atoms with Gasteiger partial charge in [-0.15, -0.1) is 0 Å². The molecule has 3 aromatic rings. The molecule has 34 heavy (non-hydrogen) atoms. The van der Waals surface area contributed by atoms with Gasteiger partial charge in [0.2, 0.25) is 0 Å². The van der Waals surface area contributed by atoms with Gasteiger partial charge in [-0.25, -0.2) is 25.3 Å². The summed E-state index contributed by atoms with van der Waals surface area (Å²) in [7, 11) is -12.9. The SMILES string of the molecule is Cc1ccccc1S(=O)(=O)[O-].Cc1ccccc1S(=O)(=O)[O-].Cc1ccccc1S(=O)(=O)[O-].[Sb+3]. The van der Waals surface area contributed by atoms with Crippen LogP contribution in [0.15, 0.2) is 87.5 Å². The van der Waals surface area contributed by atoms with E-state index < -0.39 is 30.4 Å². The zero-order valence-electron chi connectivity index (χ0n) is 18.3. The van der Waals surface area contributed by atoms with E-state index in [0.29, 0.717) is 16.7 Å². The van der Waals surface area contributed by atoms with Crippen LogP contribution >= 0.6 is 0 Å². The monoisotopic (exact) mass is 634 g/mol. The second-order valence-corrected chi connectivity index (χ2v) is 10.7. The van der Waals surface area contributed by atoms with E-state index >= 15 is 0 Å². The molecule has 0 spiro atoms. The fourth-order valence-corrected chi connectivity index (χ4v) is 4.63. The van der Waals surface area contributed by atoms with Crippen molar-refractivity contribution in [2.24, 2.45) is 0 Å². The average Bonchev–Trinajstić information content (AvgIpc) is 2.67. The quantitative estimate of drug-likeness (QED) is 0.309. The Bertz CT molecular complexity index is 1240. The predicted molar refractivity (Wildman–Crippen MR) is 123 cm³/mol. The molecular weight excluding hydrogens is 614 g/mol. The van der Waals surface area contributed by atoms with E-state index in [1.54, 1.807) is 57.2 Å². The minimum Gasteiger partial charge on any atom is -0.744 e. The second kappa shape index (κ2) is 13.3. The summed E-state index contributed by atoms with van der Waals surface area (Å²) < 4.78 is 94.5. The molecule has 2 radical (unpaired) electrons. The van der Waals surface area contributed by atoms with Crippen LogP contribution in [0.1, 0.15) is 16.7 Å². The van der Waals surface area contributed by atoms with Crippen LogP contribution in [0.4, 0.5) is 0 Å². The van der Waals surface area contributed by atoms with Crippen LogP contribution < -0.4 is 0 Å². The third-order valence-electron chi connectivity index (χ3n) is 4.09. The van der Waals surface area contributed by atoms with Crippen molar-refractivity contribution in [1.82, 2.24) is 0 Å². The molecule has 3 rings (SSSR count). The summed E-state index contributed by atoms with van der Waals surface area (Å²) in [5.74, 6) is 0. The summed E-state index contributed by atoms with van der Waals surface area (Å²) in [6.45, 7) is 4.76. The maximum Gasteiger partial charge on any atom is 3.00 e. The minimum atomic E-state index is -4.28. The first kappa shape index (κ1) is 32.2. The van der Waals surface area contributed by atoms with Gasteiger partial charge in [-0.1, -0.05) is 54.6 Å². The summed E-state index contributed by atoms with van der Waals surface area (Å²) >= 11 is 0. The Kier molecular flexibility index (Phi) is 12.6. The molecule has 0 aliphatic carbocycles. The first-order valence-corrected chi connectivity index (χ1v) is 13.3. The van der Waals surface area contributed by atoms with Gasteiger partial charge < -0.3 is 13.7 Å². The van der Waals surface area contributed by atoms with Gasteiger partial charge in [0.15, 0.2) is 0 Å². The van der Waals surface area contributed by atoms with Crippen LogP contribution in [-0.4, -0.2) is 63.3 Å². The molecule has 0 saturated heterocycles. The number of rotatable bonds is 3. The number of benzene rings is 3. The summed E-state index contributed by atoms with van der Waals surface area (Å²) in [5.41, 5.74) is 1.47. The Hall–Kier alpha value is -1.79. The maximum atomic E-state index is 10.5. The topological polar surface area (TPSA) is 172 Å². The summed E-state index contributed by atoms with van der Waals surface area (Å²) in [5, 5.41) is 0. The summed E-state index contributed by atoms with van der Waals surface area (Å²) in [4.78, 5) is -0.417. The van der Waals surface area contributed by atoms with E-state index in [1.807, 2.05) is 0 Å². The molecule has 0 aliphatic heterocycles. The van der Waals surface area contributed by atoms with Crippen LogP contribution in [0.2, 0.25) is 0 Å². The van der Waals surface area contributed by atoms with Crippen molar-refractivity contribution in [2.45, 2.75) is 35.5 Å². The second-order valence-electron chi connectivity index (χ2n) is 6.66. The molecule has 3 aromatic carbocycles. The van der Waals surface area contributed by atoms with E-state index in [4.69, 9.17) is 0 Å². The molecular formula is C21H21O9S3Sb. The van der Waals surface area contributed by atoms with E-state index in [0.717, 1.165) is 0 Å². The largest absolute Gasteiger partial charge is 3.00 e. The molecule has 0 saturated carbocycles. The van der Waals surface area contributed by atoms with Crippen LogP contribution in [0.25, 0.3) is 0 Å². The van der Waals surface area contributed by atoms with E-state index in [-0.39, 0.29) is 39.1 Å². The first-order chi connectivity index (χ1) is 15.0. The van der Waals surface area contributed by atoms with Gasteiger partial charge in [-0.2, -0.15) is 0 Å². The van der Waals surface area contributed by atoms with Gasteiger partial charge in [0.25, 0.3) is 0 Å². The average molecular weight is 635 g/mol. The van der Waals surface area contributed by atoms with Crippen molar-refractivity contribution in [3.63, 3.8) is 0 Å². The van der Waals surface area contributed by atoms with Crippen molar-refractivity contribution in [3.05, 3.63) is 89.5 Å². The van der Waals surface area contributed by atoms with Crippen LogP contribution in [0.5, 0.6) is 0 Å². The van der Waals surface area contributed by atoms with Crippen molar-refractivity contribution in [3.8, 4) is 0 Å². The van der Waals surface area contributed by atoms with Gasteiger partial charge in [0.1, 0.15) is 30.4 Å². The Balaban J connectivity index is 0.000000473. The fourth-order valence-electron chi connectivity index (χ4n) is 2.51. The van der Waals surface area contributed by atoms with Crippen molar-refractivity contribution >= 4 is 54.8 Å². The smallest absolute Gasteiger partial charge is 0.744 e. The first-order valence-electron chi connectivity index (χ1n) is 9.09. The maximum absolute atomic E-state index is 10.5. The van der Waals surface area contributed by atoms with Gasteiger partial charge in [-0.3, -0.25) is 0 Å². The van der Waals surface area contributed by atoms with Crippen LogP contribution in [-0.2, 0) is 30.4 Å². The normalized spacial score (nSPS) is 11.1. The summed E-state index contributed by atoms with van der Waals surface area (Å²) in [6.07, 6.45) is 0. The molecule has 182 valence electrons. The van der Waals surface area contributed by atoms with Gasteiger partial charge in [0.05, 0.1) is 14.7 Å². The molecule has 0 amide bonds. The minimum absolute atomic E-state index is 0. The third kappa shape index (κ3) is 10.6. The number of hydrogen-bond acceptors (Lipinski definition) is 9. The van der Waals surface area contributed by atoms with Crippen molar-refractivity contribution in [2.75, 3.05) is 0 Å². The van der Waals surface area contributed by atoms with Crippen LogP contribution in [0.3, 0.4) is 0 Å². The molecule has 13 heteroatoms. The molecule has 0 N–H and O–H groups in total. The molecule has 0 aliphatic rings. The Morgan fingerprint density at radius 2 is 0.618 bits per heavy atom. The Morgan fingerprint density at radius 3 is 0.735 bits per heavy atom. The molecule has 0 aromatic heterocycles. The van der Waals surface area contributed by atoms with Crippen LogP contribution in [0, 0.1) is 20.8 Å².